The molecule has 0 spiro atoms. The summed E-state index contributed by atoms with van der Waals surface area (Å²) >= 11 is 0. The van der Waals surface area contributed by atoms with Crippen LogP contribution in [0, 0.1) is 13.8 Å². The van der Waals surface area contributed by atoms with E-state index < -0.39 is 0 Å². The molecule has 1 aromatic heterocycles. The fraction of sp³-hybridized carbons (Fsp3) is 0.643. The van der Waals surface area contributed by atoms with Gasteiger partial charge in [-0.2, -0.15) is 10.2 Å². The summed E-state index contributed by atoms with van der Waals surface area (Å²) in [7, 11) is 1.89. The molecule has 1 aliphatic heterocycles. The van der Waals surface area contributed by atoms with Crippen LogP contribution in [-0.4, -0.2) is 40.8 Å². The number of ether oxygens (including phenoxy) is 1. The largest absolute Gasteiger partial charge is 0.376 e. The number of aromatic nitrogens is 2. The van der Waals surface area contributed by atoms with Crippen LogP contribution in [-0.2, 0) is 11.8 Å². The molecule has 1 saturated heterocycles. The molecule has 1 atom stereocenters. The Morgan fingerprint density at radius 3 is 2.86 bits per heavy atom. The molecule has 2 heterocycles. The Morgan fingerprint density at radius 2 is 2.29 bits per heavy atom. The Bertz CT molecular complexity index is 544. The maximum atomic E-state index is 11.7. The molecule has 2 amide bonds. The lowest BCUT2D eigenvalue weighted by atomic mass is 10.1. The molecule has 2 N–H and O–H groups in total. The van der Waals surface area contributed by atoms with Gasteiger partial charge in [0.1, 0.15) is 0 Å². The van der Waals surface area contributed by atoms with Crippen molar-refractivity contribution in [1.82, 2.24) is 20.5 Å². The first-order chi connectivity index (χ1) is 9.99. The van der Waals surface area contributed by atoms with E-state index in [0.29, 0.717) is 6.54 Å². The van der Waals surface area contributed by atoms with Gasteiger partial charge < -0.3 is 10.1 Å². The first-order valence-corrected chi connectivity index (χ1v) is 7.19. The molecule has 7 nitrogen and oxygen atoms in total. The van der Waals surface area contributed by atoms with Gasteiger partial charge in [0, 0.05) is 31.5 Å². The molecule has 7 heteroatoms. The zero-order chi connectivity index (χ0) is 15.4. The lowest BCUT2D eigenvalue weighted by Gasteiger charge is -2.10. The highest BCUT2D eigenvalue weighted by atomic mass is 16.5. The molecule has 1 unspecified atom stereocenters. The van der Waals surface area contributed by atoms with E-state index in [1.807, 2.05) is 27.8 Å². The zero-order valence-electron chi connectivity index (χ0n) is 13.1. The number of hydrogen-bond acceptors (Lipinski definition) is 4. The molecule has 0 radical (unpaired) electrons. The summed E-state index contributed by atoms with van der Waals surface area (Å²) in [5.41, 5.74) is 6.15. The van der Waals surface area contributed by atoms with Crippen molar-refractivity contribution in [3.63, 3.8) is 0 Å². The second-order valence-corrected chi connectivity index (χ2v) is 5.32. The Balaban J connectivity index is 1.88. The summed E-state index contributed by atoms with van der Waals surface area (Å²) in [6.07, 6.45) is 2.19. The number of carbonyl (C=O) groups is 1. The standard InChI is InChI=1S/C14H23N5O2/c1-9(13-10(2)18-19(4)11(13)3)16-17-14(20)15-8-12-6-5-7-21-12/h12H,5-8H2,1-4H3,(H2,15,17,20). The molecule has 1 fully saturated rings. The van der Waals surface area contributed by atoms with Crippen LogP contribution in [0.4, 0.5) is 4.79 Å². The van der Waals surface area contributed by atoms with Crippen LogP contribution in [0.5, 0.6) is 0 Å². The van der Waals surface area contributed by atoms with Crippen LogP contribution >= 0.6 is 0 Å². The van der Waals surface area contributed by atoms with Crippen LogP contribution < -0.4 is 10.7 Å². The highest BCUT2D eigenvalue weighted by Crippen LogP contribution is 2.13. The average Bonchev–Trinajstić information content (AvgIpc) is 3.03. The number of nitrogens with one attached hydrogen (secondary N) is 2. The monoisotopic (exact) mass is 293 g/mol. The van der Waals surface area contributed by atoms with Crippen molar-refractivity contribution in [3.05, 3.63) is 17.0 Å². The van der Waals surface area contributed by atoms with Gasteiger partial charge in [0.05, 0.1) is 17.5 Å². The summed E-state index contributed by atoms with van der Waals surface area (Å²) in [6.45, 7) is 7.07. The van der Waals surface area contributed by atoms with Gasteiger partial charge in [0.15, 0.2) is 0 Å². The van der Waals surface area contributed by atoms with E-state index in [4.69, 9.17) is 4.74 Å². The van der Waals surface area contributed by atoms with Gasteiger partial charge in [0.25, 0.3) is 0 Å². The number of carbonyl (C=O) groups excluding carboxylic acids is 1. The van der Waals surface area contributed by atoms with Crippen molar-refractivity contribution < 1.29 is 9.53 Å². The van der Waals surface area contributed by atoms with Crippen molar-refractivity contribution in [2.75, 3.05) is 13.2 Å². The Morgan fingerprint density at radius 1 is 1.52 bits per heavy atom. The first-order valence-electron chi connectivity index (χ1n) is 7.19. The van der Waals surface area contributed by atoms with E-state index in [0.717, 1.165) is 42.1 Å². The highest BCUT2D eigenvalue weighted by molar-refractivity contribution is 6.01. The second kappa shape index (κ2) is 6.71. The zero-order valence-corrected chi connectivity index (χ0v) is 13.1. The minimum atomic E-state index is -0.316. The number of hydrogen-bond donors (Lipinski definition) is 2. The molecule has 1 aromatic rings. The third-order valence-electron chi connectivity index (χ3n) is 3.71. The molecule has 0 bridgehead atoms. The van der Waals surface area contributed by atoms with Gasteiger partial charge in [-0.3, -0.25) is 4.68 Å². The number of hydrazone groups is 1. The van der Waals surface area contributed by atoms with Gasteiger partial charge >= 0.3 is 6.03 Å². The normalized spacial score (nSPS) is 18.9. The van der Waals surface area contributed by atoms with Crippen LogP contribution in [0.25, 0.3) is 0 Å². The van der Waals surface area contributed by atoms with Crippen molar-refractivity contribution in [3.8, 4) is 0 Å². The van der Waals surface area contributed by atoms with Crippen LogP contribution in [0.2, 0.25) is 0 Å². The van der Waals surface area contributed by atoms with Gasteiger partial charge in [-0.05, 0) is 33.6 Å². The maximum Gasteiger partial charge on any atom is 0.335 e. The minimum Gasteiger partial charge on any atom is -0.376 e. The quantitative estimate of drug-likeness (QED) is 0.647. The van der Waals surface area contributed by atoms with Crippen molar-refractivity contribution in [2.45, 2.75) is 39.7 Å². The lowest BCUT2D eigenvalue weighted by Crippen LogP contribution is -2.37. The molecule has 0 aromatic carbocycles. The van der Waals surface area contributed by atoms with E-state index in [1.54, 1.807) is 4.68 Å². The molecule has 116 valence electrons. The summed E-state index contributed by atoms with van der Waals surface area (Å²) < 4.78 is 7.25. The van der Waals surface area contributed by atoms with Gasteiger partial charge in [-0.25, -0.2) is 10.2 Å². The molecule has 0 saturated carbocycles. The van der Waals surface area contributed by atoms with Crippen LogP contribution in [0.15, 0.2) is 5.10 Å². The summed E-state index contributed by atoms with van der Waals surface area (Å²) in [4.78, 5) is 11.7. The van der Waals surface area contributed by atoms with Gasteiger partial charge in [-0.1, -0.05) is 0 Å². The maximum absolute atomic E-state index is 11.7. The van der Waals surface area contributed by atoms with Crippen molar-refractivity contribution in [1.29, 1.82) is 0 Å². The SMILES string of the molecule is CC(=NNC(=O)NCC1CCCO1)c1c(C)nn(C)c1C. The number of urea groups is 1. The topological polar surface area (TPSA) is 80.5 Å². The molecular weight excluding hydrogens is 270 g/mol. The molecule has 21 heavy (non-hydrogen) atoms. The molecule has 1 aliphatic rings. The van der Waals surface area contributed by atoms with Crippen molar-refractivity contribution >= 4 is 11.7 Å². The van der Waals surface area contributed by atoms with Crippen LogP contribution in [0.1, 0.15) is 36.7 Å². The number of aryl methyl sites for hydroxylation is 2. The highest BCUT2D eigenvalue weighted by Gasteiger charge is 2.16. The Labute approximate surface area is 124 Å². The summed E-state index contributed by atoms with van der Waals surface area (Å²) in [5, 5.41) is 11.2. The van der Waals surface area contributed by atoms with Gasteiger partial charge in [0.2, 0.25) is 0 Å². The van der Waals surface area contributed by atoms with E-state index in [-0.39, 0.29) is 12.1 Å². The molecular formula is C14H23N5O2. The van der Waals surface area contributed by atoms with E-state index in [2.05, 4.69) is 20.9 Å². The van der Waals surface area contributed by atoms with Crippen LogP contribution in [0.3, 0.4) is 0 Å². The Kier molecular flexibility index (Phi) is 4.95. The fourth-order valence-electron chi connectivity index (χ4n) is 2.54. The predicted molar refractivity (Wildman–Crippen MR) is 80.4 cm³/mol. The fourth-order valence-corrected chi connectivity index (χ4v) is 2.54. The van der Waals surface area contributed by atoms with E-state index in [9.17, 15) is 4.79 Å². The Hall–Kier alpha value is -1.89. The lowest BCUT2D eigenvalue weighted by molar-refractivity contribution is 0.111. The van der Waals surface area contributed by atoms with E-state index in [1.165, 1.54) is 0 Å². The second-order valence-electron chi connectivity index (χ2n) is 5.32. The smallest absolute Gasteiger partial charge is 0.335 e. The first kappa shape index (κ1) is 15.5. The average molecular weight is 293 g/mol. The van der Waals surface area contributed by atoms with Crippen molar-refractivity contribution in [2.24, 2.45) is 12.1 Å². The molecule has 0 aliphatic carbocycles. The summed E-state index contributed by atoms with van der Waals surface area (Å²) in [6, 6.07) is -0.316. The van der Waals surface area contributed by atoms with E-state index >= 15 is 0 Å². The third-order valence-corrected chi connectivity index (χ3v) is 3.71. The third kappa shape index (κ3) is 3.81. The number of rotatable bonds is 4. The summed E-state index contributed by atoms with van der Waals surface area (Å²) in [5.74, 6) is 0. The number of amides is 2. The minimum absolute atomic E-state index is 0.128. The molecule has 2 rings (SSSR count). The number of nitrogens with zero attached hydrogens (tertiary/aromatic N) is 3. The predicted octanol–water partition coefficient (Wildman–Crippen LogP) is 1.24. The van der Waals surface area contributed by atoms with Gasteiger partial charge in [-0.15, -0.1) is 0 Å².